The van der Waals surface area contributed by atoms with Gasteiger partial charge in [-0.3, -0.25) is 4.68 Å². The van der Waals surface area contributed by atoms with Gasteiger partial charge in [0.1, 0.15) is 11.6 Å². The second-order valence-electron chi connectivity index (χ2n) is 4.46. The number of aliphatic hydroxyl groups is 1. The summed E-state index contributed by atoms with van der Waals surface area (Å²) >= 11 is 0. The van der Waals surface area contributed by atoms with Crippen molar-refractivity contribution in [3.63, 3.8) is 0 Å². The first-order chi connectivity index (χ1) is 9.10. The van der Waals surface area contributed by atoms with Crippen molar-refractivity contribution in [3.8, 4) is 5.75 Å². The van der Waals surface area contributed by atoms with E-state index in [1.807, 2.05) is 13.2 Å². The van der Waals surface area contributed by atoms with Gasteiger partial charge in [-0.2, -0.15) is 5.10 Å². The standard InChI is InChI=1S/C14H17FN2O2/c1-17-9-10(8-16-17)3-6-14(18)12-5-4-11(19-2)7-13(12)15/h4-5,7-9,14,18H,3,6H2,1-2H3. The fraction of sp³-hybridized carbons (Fsp3) is 0.357. The van der Waals surface area contributed by atoms with Crippen LogP contribution in [0, 0.1) is 5.82 Å². The lowest BCUT2D eigenvalue weighted by Crippen LogP contribution is -2.02. The second kappa shape index (κ2) is 5.84. The van der Waals surface area contributed by atoms with E-state index in [0.29, 0.717) is 24.2 Å². The molecule has 2 rings (SSSR count). The highest BCUT2D eigenvalue weighted by molar-refractivity contribution is 5.30. The number of rotatable bonds is 5. The summed E-state index contributed by atoms with van der Waals surface area (Å²) in [5, 5.41) is 14.1. The van der Waals surface area contributed by atoms with E-state index in [0.717, 1.165) is 5.56 Å². The van der Waals surface area contributed by atoms with Crippen molar-refractivity contribution in [2.45, 2.75) is 18.9 Å². The molecule has 0 spiro atoms. The minimum atomic E-state index is -0.828. The topological polar surface area (TPSA) is 47.3 Å². The molecule has 2 aromatic rings. The first kappa shape index (κ1) is 13.5. The van der Waals surface area contributed by atoms with E-state index in [-0.39, 0.29) is 0 Å². The van der Waals surface area contributed by atoms with Crippen molar-refractivity contribution in [3.05, 3.63) is 47.5 Å². The lowest BCUT2D eigenvalue weighted by Gasteiger charge is -2.12. The van der Waals surface area contributed by atoms with Gasteiger partial charge in [0, 0.05) is 24.9 Å². The maximum Gasteiger partial charge on any atom is 0.132 e. The minimum absolute atomic E-state index is 0.296. The van der Waals surface area contributed by atoms with Crippen LogP contribution in [0.3, 0.4) is 0 Å². The van der Waals surface area contributed by atoms with Crippen molar-refractivity contribution in [1.29, 1.82) is 0 Å². The lowest BCUT2D eigenvalue weighted by molar-refractivity contribution is 0.163. The van der Waals surface area contributed by atoms with Crippen LogP contribution in [0.4, 0.5) is 4.39 Å². The van der Waals surface area contributed by atoms with Gasteiger partial charge in [0.05, 0.1) is 19.4 Å². The van der Waals surface area contributed by atoms with Crippen LogP contribution < -0.4 is 4.74 Å². The highest BCUT2D eigenvalue weighted by atomic mass is 19.1. The molecule has 0 saturated carbocycles. The Labute approximate surface area is 111 Å². The Morgan fingerprint density at radius 3 is 2.84 bits per heavy atom. The number of benzene rings is 1. The Balaban J connectivity index is 2.01. The zero-order valence-electron chi connectivity index (χ0n) is 11.0. The van der Waals surface area contributed by atoms with Gasteiger partial charge in [-0.15, -0.1) is 0 Å². The molecule has 102 valence electrons. The lowest BCUT2D eigenvalue weighted by atomic mass is 10.0. The molecule has 19 heavy (non-hydrogen) atoms. The number of hydrogen-bond acceptors (Lipinski definition) is 3. The highest BCUT2D eigenvalue weighted by Gasteiger charge is 2.14. The summed E-state index contributed by atoms with van der Waals surface area (Å²) in [6, 6.07) is 4.48. The summed E-state index contributed by atoms with van der Waals surface area (Å²) in [5.74, 6) is -0.00116. The molecule has 1 unspecified atom stereocenters. The molecule has 0 aliphatic carbocycles. The Morgan fingerprint density at radius 2 is 2.26 bits per heavy atom. The maximum atomic E-state index is 13.8. The number of methoxy groups -OCH3 is 1. The van der Waals surface area contributed by atoms with Crippen LogP contribution in [0.2, 0.25) is 0 Å². The van der Waals surface area contributed by atoms with Gasteiger partial charge in [-0.25, -0.2) is 4.39 Å². The average Bonchev–Trinajstić information content (AvgIpc) is 2.81. The molecule has 1 N–H and O–H groups in total. The van der Waals surface area contributed by atoms with Gasteiger partial charge in [-0.1, -0.05) is 0 Å². The Morgan fingerprint density at radius 1 is 1.47 bits per heavy atom. The number of aromatic nitrogens is 2. The average molecular weight is 264 g/mol. The molecule has 0 bridgehead atoms. The van der Waals surface area contributed by atoms with E-state index >= 15 is 0 Å². The third kappa shape index (κ3) is 3.32. The molecule has 1 atom stereocenters. The van der Waals surface area contributed by atoms with Crippen LogP contribution in [0.25, 0.3) is 0 Å². The monoisotopic (exact) mass is 264 g/mol. The molecule has 0 aliphatic rings. The van der Waals surface area contributed by atoms with Crippen molar-refractivity contribution < 1.29 is 14.2 Å². The smallest absolute Gasteiger partial charge is 0.132 e. The summed E-state index contributed by atoms with van der Waals surface area (Å²) in [6.07, 6.45) is 3.91. The molecule has 0 radical (unpaired) electrons. The van der Waals surface area contributed by atoms with Crippen molar-refractivity contribution >= 4 is 0 Å². The molecule has 0 saturated heterocycles. The second-order valence-corrected chi connectivity index (χ2v) is 4.46. The van der Waals surface area contributed by atoms with Crippen LogP contribution in [0.15, 0.2) is 30.6 Å². The zero-order chi connectivity index (χ0) is 13.8. The van der Waals surface area contributed by atoms with Crippen LogP contribution in [0.5, 0.6) is 5.75 Å². The predicted octanol–water partition coefficient (Wildman–Crippen LogP) is 2.23. The van der Waals surface area contributed by atoms with E-state index in [1.54, 1.807) is 23.0 Å². The number of aliphatic hydroxyl groups excluding tert-OH is 1. The van der Waals surface area contributed by atoms with Crippen molar-refractivity contribution in [1.82, 2.24) is 9.78 Å². The molecular formula is C14H17FN2O2. The summed E-state index contributed by atoms with van der Waals surface area (Å²) in [7, 11) is 3.32. The van der Waals surface area contributed by atoms with Crippen molar-refractivity contribution in [2.24, 2.45) is 7.05 Å². The summed E-state index contributed by atoms with van der Waals surface area (Å²) in [6.45, 7) is 0. The number of nitrogens with zero attached hydrogens (tertiary/aromatic N) is 2. The summed E-state index contributed by atoms with van der Waals surface area (Å²) in [4.78, 5) is 0. The van der Waals surface area contributed by atoms with Gasteiger partial charge in [-0.05, 0) is 30.5 Å². The predicted molar refractivity (Wildman–Crippen MR) is 69.4 cm³/mol. The number of halogens is 1. The van der Waals surface area contributed by atoms with Crippen LogP contribution in [-0.4, -0.2) is 22.0 Å². The number of ether oxygens (including phenoxy) is 1. The fourth-order valence-electron chi connectivity index (χ4n) is 1.96. The first-order valence-electron chi connectivity index (χ1n) is 6.09. The fourth-order valence-corrected chi connectivity index (χ4v) is 1.96. The van der Waals surface area contributed by atoms with Crippen molar-refractivity contribution in [2.75, 3.05) is 7.11 Å². The third-order valence-electron chi connectivity index (χ3n) is 3.03. The van der Waals surface area contributed by atoms with Gasteiger partial charge < -0.3 is 9.84 Å². The molecular weight excluding hydrogens is 247 g/mol. The molecule has 0 fully saturated rings. The van der Waals surface area contributed by atoms with E-state index in [2.05, 4.69) is 5.10 Å². The largest absolute Gasteiger partial charge is 0.497 e. The SMILES string of the molecule is COc1ccc(C(O)CCc2cnn(C)c2)c(F)c1. The Bertz CT molecular complexity index is 554. The quantitative estimate of drug-likeness (QED) is 0.901. The van der Waals surface area contributed by atoms with Crippen LogP contribution >= 0.6 is 0 Å². The zero-order valence-corrected chi connectivity index (χ0v) is 11.0. The van der Waals surface area contributed by atoms with E-state index in [4.69, 9.17) is 4.74 Å². The third-order valence-corrected chi connectivity index (χ3v) is 3.03. The normalized spacial score (nSPS) is 12.4. The molecule has 0 amide bonds. The maximum absolute atomic E-state index is 13.8. The van der Waals surface area contributed by atoms with Gasteiger partial charge in [0.15, 0.2) is 0 Å². The van der Waals surface area contributed by atoms with Gasteiger partial charge in [0.2, 0.25) is 0 Å². The molecule has 1 aromatic heterocycles. The summed E-state index contributed by atoms with van der Waals surface area (Å²) < 4.78 is 20.4. The van der Waals surface area contributed by atoms with E-state index in [9.17, 15) is 9.50 Å². The summed E-state index contributed by atoms with van der Waals surface area (Å²) in [5.41, 5.74) is 1.32. The highest BCUT2D eigenvalue weighted by Crippen LogP contribution is 2.25. The first-order valence-corrected chi connectivity index (χ1v) is 6.09. The molecule has 0 aliphatic heterocycles. The Kier molecular flexibility index (Phi) is 4.16. The number of aryl methyl sites for hydroxylation is 2. The Hall–Kier alpha value is -1.88. The molecule has 1 heterocycles. The van der Waals surface area contributed by atoms with Gasteiger partial charge in [0.25, 0.3) is 0 Å². The van der Waals surface area contributed by atoms with Crippen LogP contribution in [0.1, 0.15) is 23.7 Å². The van der Waals surface area contributed by atoms with Gasteiger partial charge >= 0.3 is 0 Å². The molecule has 4 nitrogen and oxygen atoms in total. The van der Waals surface area contributed by atoms with Crippen LogP contribution in [-0.2, 0) is 13.5 Å². The molecule has 1 aromatic carbocycles. The van der Waals surface area contributed by atoms with E-state index < -0.39 is 11.9 Å². The number of hydrogen-bond donors (Lipinski definition) is 1. The van der Waals surface area contributed by atoms with E-state index in [1.165, 1.54) is 13.2 Å². The minimum Gasteiger partial charge on any atom is -0.497 e. The molecule has 5 heteroatoms.